The Morgan fingerprint density at radius 1 is 1.03 bits per heavy atom. The van der Waals surface area contributed by atoms with Gasteiger partial charge >= 0.3 is 5.97 Å². The van der Waals surface area contributed by atoms with Crippen LogP contribution >= 0.6 is 0 Å². The highest BCUT2D eigenvalue weighted by molar-refractivity contribution is 5.95. The Morgan fingerprint density at radius 2 is 1.64 bits per heavy atom. The summed E-state index contributed by atoms with van der Waals surface area (Å²) >= 11 is 0. The number of nitrogens with one attached hydrogen (secondary N) is 4. The third kappa shape index (κ3) is 8.86. The van der Waals surface area contributed by atoms with E-state index in [1.165, 1.54) is 19.4 Å². The maximum Gasteiger partial charge on any atom is 0.305 e. The lowest BCUT2D eigenvalue weighted by Crippen LogP contribution is -2.61. The molecule has 0 spiro atoms. The van der Waals surface area contributed by atoms with Gasteiger partial charge in [-0.25, -0.2) is 4.98 Å². The molecule has 0 aliphatic carbocycles. The number of aromatic amines is 1. The van der Waals surface area contributed by atoms with Crippen molar-refractivity contribution in [2.45, 2.75) is 63.9 Å². The minimum atomic E-state index is -1.58. The Labute approximate surface area is 189 Å². The van der Waals surface area contributed by atoms with Gasteiger partial charge in [0.1, 0.15) is 18.1 Å². The van der Waals surface area contributed by atoms with Gasteiger partial charge in [0.2, 0.25) is 23.6 Å². The molecule has 33 heavy (non-hydrogen) atoms. The van der Waals surface area contributed by atoms with Crippen LogP contribution in [0.25, 0.3) is 0 Å². The van der Waals surface area contributed by atoms with Gasteiger partial charge in [-0.15, -0.1) is 0 Å². The second kappa shape index (κ2) is 12.5. The quantitative estimate of drug-likeness (QED) is 0.144. The fourth-order valence-electron chi connectivity index (χ4n) is 2.71. The van der Waals surface area contributed by atoms with Crippen LogP contribution in [0.5, 0.6) is 0 Å². The molecule has 0 fully saturated rings. The van der Waals surface area contributed by atoms with Crippen molar-refractivity contribution < 1.29 is 34.2 Å². The molecule has 5 atom stereocenters. The van der Waals surface area contributed by atoms with Crippen molar-refractivity contribution in [2.75, 3.05) is 0 Å². The lowest BCUT2D eigenvalue weighted by molar-refractivity contribution is -0.141. The van der Waals surface area contributed by atoms with Crippen molar-refractivity contribution in [2.24, 2.45) is 17.4 Å². The highest BCUT2D eigenvalue weighted by Gasteiger charge is 2.33. The average molecular weight is 469 g/mol. The van der Waals surface area contributed by atoms with E-state index in [4.69, 9.17) is 16.6 Å². The highest BCUT2D eigenvalue weighted by atomic mass is 16.4. The summed E-state index contributed by atoms with van der Waals surface area (Å²) in [6.45, 7) is 4.66. The van der Waals surface area contributed by atoms with Gasteiger partial charge in [0.05, 0.1) is 30.6 Å². The number of carbonyl (C=O) groups excluding carboxylic acids is 4. The number of aromatic nitrogens is 2. The topological polar surface area (TPSA) is 243 Å². The molecule has 1 heterocycles. The number of nitrogens with two attached hydrogens (primary N) is 2. The molecule has 0 aliphatic rings. The van der Waals surface area contributed by atoms with Crippen molar-refractivity contribution in [1.29, 1.82) is 0 Å². The number of carboxylic acids is 1. The van der Waals surface area contributed by atoms with Gasteiger partial charge in [-0.05, 0) is 12.8 Å². The summed E-state index contributed by atoms with van der Waals surface area (Å²) in [6.07, 6.45) is 0.614. The molecule has 0 bridgehead atoms. The number of rotatable bonds is 13. The Balaban J connectivity index is 3.03. The first-order chi connectivity index (χ1) is 15.3. The predicted molar refractivity (Wildman–Crippen MR) is 114 cm³/mol. The van der Waals surface area contributed by atoms with Crippen LogP contribution in [0.2, 0.25) is 0 Å². The average Bonchev–Trinajstić information content (AvgIpc) is 3.22. The van der Waals surface area contributed by atoms with E-state index in [0.717, 1.165) is 0 Å². The molecule has 184 valence electrons. The monoisotopic (exact) mass is 469 g/mol. The van der Waals surface area contributed by atoms with E-state index in [1.807, 2.05) is 0 Å². The van der Waals surface area contributed by atoms with Crippen LogP contribution in [0, 0.1) is 5.92 Å². The normalized spacial score (nSPS) is 15.6. The fraction of sp³-hybridized carbons (Fsp3) is 0.579. The van der Waals surface area contributed by atoms with E-state index in [2.05, 4.69) is 25.9 Å². The Morgan fingerprint density at radius 3 is 2.09 bits per heavy atom. The number of H-pyrrole nitrogens is 1. The first-order valence-electron chi connectivity index (χ1n) is 10.2. The van der Waals surface area contributed by atoms with Crippen molar-refractivity contribution in [3.63, 3.8) is 0 Å². The number of carboxylic acid groups (broad SMARTS) is 1. The maximum atomic E-state index is 12.9. The summed E-state index contributed by atoms with van der Waals surface area (Å²) in [4.78, 5) is 67.0. The van der Waals surface area contributed by atoms with Gasteiger partial charge in [-0.3, -0.25) is 24.0 Å². The zero-order valence-corrected chi connectivity index (χ0v) is 18.6. The minimum absolute atomic E-state index is 0.0526. The second-order valence-corrected chi connectivity index (χ2v) is 7.88. The number of aliphatic hydroxyl groups excluding tert-OH is 1. The van der Waals surface area contributed by atoms with Crippen LogP contribution in [-0.4, -0.2) is 80.1 Å². The zero-order valence-electron chi connectivity index (χ0n) is 18.6. The first-order valence-corrected chi connectivity index (χ1v) is 10.2. The standard InChI is InChI=1S/C19H31N7O7/c1-8(2)14(20)18(32)25-12(4-10-6-22-7-23-10)17(31)26-15(9(3)27)19(33)24-11(16(21)30)5-13(28)29/h6-9,11-12,14-15,27H,4-5,20H2,1-3H3,(H2,21,30)(H,22,23)(H,24,33)(H,25,32)(H,26,31)(H,28,29)/t9-,11+,12+,14+,15+/m1/s1. The predicted octanol–water partition coefficient (Wildman–Crippen LogP) is -3.27. The lowest BCUT2D eigenvalue weighted by atomic mass is 10.0. The van der Waals surface area contributed by atoms with Crippen LogP contribution in [-0.2, 0) is 30.4 Å². The van der Waals surface area contributed by atoms with E-state index in [1.54, 1.807) is 13.8 Å². The number of hydrogen-bond donors (Lipinski definition) is 8. The number of primary amides is 1. The third-order valence-electron chi connectivity index (χ3n) is 4.72. The van der Waals surface area contributed by atoms with Crippen LogP contribution in [0.4, 0.5) is 0 Å². The second-order valence-electron chi connectivity index (χ2n) is 7.88. The molecule has 4 amide bonds. The largest absolute Gasteiger partial charge is 0.481 e. The van der Waals surface area contributed by atoms with Crippen molar-refractivity contribution in [3.8, 4) is 0 Å². The summed E-state index contributed by atoms with van der Waals surface area (Å²) in [7, 11) is 0. The number of aliphatic hydroxyl groups is 1. The number of carbonyl (C=O) groups is 5. The lowest BCUT2D eigenvalue weighted by Gasteiger charge is -2.26. The van der Waals surface area contributed by atoms with Gasteiger partial charge in [-0.1, -0.05) is 13.8 Å². The molecular weight excluding hydrogens is 438 g/mol. The van der Waals surface area contributed by atoms with E-state index in [-0.39, 0.29) is 12.3 Å². The molecule has 1 aromatic rings. The van der Waals surface area contributed by atoms with Gasteiger partial charge in [-0.2, -0.15) is 0 Å². The maximum absolute atomic E-state index is 12.9. The first kappa shape index (κ1) is 27.5. The molecule has 0 aromatic carbocycles. The summed E-state index contributed by atoms with van der Waals surface area (Å²) in [6, 6.07) is -5.24. The molecule has 14 nitrogen and oxygen atoms in total. The van der Waals surface area contributed by atoms with Crippen LogP contribution in [0.3, 0.4) is 0 Å². The van der Waals surface area contributed by atoms with Gasteiger partial charge < -0.3 is 42.6 Å². The van der Waals surface area contributed by atoms with Crippen molar-refractivity contribution in [3.05, 3.63) is 18.2 Å². The third-order valence-corrected chi connectivity index (χ3v) is 4.72. The molecule has 1 rings (SSSR count). The molecule has 0 saturated heterocycles. The van der Waals surface area contributed by atoms with Crippen LogP contribution < -0.4 is 27.4 Å². The molecule has 1 aromatic heterocycles. The Hall–Kier alpha value is -3.52. The zero-order chi connectivity index (χ0) is 25.3. The smallest absolute Gasteiger partial charge is 0.305 e. The number of aliphatic carboxylic acids is 1. The van der Waals surface area contributed by atoms with Gasteiger partial charge in [0.15, 0.2) is 0 Å². The number of hydrogen-bond acceptors (Lipinski definition) is 8. The Bertz CT molecular complexity index is 842. The van der Waals surface area contributed by atoms with Gasteiger partial charge in [0.25, 0.3) is 0 Å². The highest BCUT2D eigenvalue weighted by Crippen LogP contribution is 2.05. The molecule has 10 N–H and O–H groups in total. The van der Waals surface area contributed by atoms with E-state index in [9.17, 15) is 29.1 Å². The minimum Gasteiger partial charge on any atom is -0.481 e. The summed E-state index contributed by atoms with van der Waals surface area (Å²) in [5, 5.41) is 25.8. The molecule has 14 heteroatoms. The SMILES string of the molecule is CC(C)[C@H](N)C(=O)N[C@@H](Cc1c[nH]cn1)C(=O)N[C@H](C(=O)N[C@@H](CC(=O)O)C(N)=O)[C@@H](C)O. The summed E-state index contributed by atoms with van der Waals surface area (Å²) < 4.78 is 0. The molecule has 0 unspecified atom stereocenters. The molecule has 0 saturated carbocycles. The van der Waals surface area contributed by atoms with Crippen LogP contribution in [0.15, 0.2) is 12.5 Å². The van der Waals surface area contributed by atoms with E-state index >= 15 is 0 Å². The van der Waals surface area contributed by atoms with Crippen molar-refractivity contribution in [1.82, 2.24) is 25.9 Å². The number of nitrogens with zero attached hydrogens (tertiary/aromatic N) is 1. The number of amides is 4. The van der Waals surface area contributed by atoms with Gasteiger partial charge in [0, 0.05) is 12.6 Å². The molecule has 0 aliphatic heterocycles. The molecule has 0 radical (unpaired) electrons. The van der Waals surface area contributed by atoms with E-state index in [0.29, 0.717) is 5.69 Å². The van der Waals surface area contributed by atoms with E-state index < -0.39 is 66.3 Å². The Kier molecular flexibility index (Phi) is 10.4. The number of imidazole rings is 1. The fourth-order valence-corrected chi connectivity index (χ4v) is 2.71. The summed E-state index contributed by atoms with van der Waals surface area (Å²) in [5.74, 6) is -5.18. The summed E-state index contributed by atoms with van der Waals surface area (Å²) in [5.41, 5.74) is 11.4. The van der Waals surface area contributed by atoms with Crippen LogP contribution in [0.1, 0.15) is 32.9 Å². The molecular formula is C19H31N7O7. The van der Waals surface area contributed by atoms with Crippen molar-refractivity contribution >= 4 is 29.6 Å².